The predicted molar refractivity (Wildman–Crippen MR) is 137 cm³/mol. The number of nitrogens with one attached hydrogen (secondary N) is 1. The third kappa shape index (κ3) is 5.24. The van der Waals surface area contributed by atoms with Gasteiger partial charge in [0.25, 0.3) is 11.8 Å². The van der Waals surface area contributed by atoms with Gasteiger partial charge in [-0.3, -0.25) is 14.4 Å². The third-order valence-electron chi connectivity index (χ3n) is 6.83. The number of hydrogen-bond acceptors (Lipinski definition) is 5. The molecule has 0 bridgehead atoms. The molecule has 10 heteroatoms. The van der Waals surface area contributed by atoms with Gasteiger partial charge in [-0.05, 0) is 67.6 Å². The lowest BCUT2D eigenvalue weighted by molar-refractivity contribution is -0.190. The van der Waals surface area contributed by atoms with Crippen molar-refractivity contribution in [2.75, 3.05) is 7.11 Å². The second kappa shape index (κ2) is 10.1. The van der Waals surface area contributed by atoms with Gasteiger partial charge in [-0.15, -0.1) is 0 Å². The first kappa shape index (κ1) is 28.2. The van der Waals surface area contributed by atoms with Crippen LogP contribution in [0.25, 0.3) is 0 Å². The number of hydrogen-bond donors (Lipinski definition) is 1. The molecule has 1 atom stereocenters. The molecule has 0 unspecified atom stereocenters. The Hall–Kier alpha value is -3.82. The molecule has 208 valence electrons. The summed E-state index contributed by atoms with van der Waals surface area (Å²) >= 11 is 0. The molecular weight excluding hydrogens is 513 g/mol. The molecule has 2 amide bonds. The van der Waals surface area contributed by atoms with Crippen LogP contribution >= 0.6 is 0 Å². The van der Waals surface area contributed by atoms with Crippen LogP contribution in [0.1, 0.15) is 56.5 Å². The highest BCUT2D eigenvalue weighted by atomic mass is 19.4. The maximum absolute atomic E-state index is 15.0. The average Bonchev–Trinajstić information content (AvgIpc) is 3.07. The van der Waals surface area contributed by atoms with Crippen molar-refractivity contribution >= 4 is 17.6 Å². The van der Waals surface area contributed by atoms with E-state index in [9.17, 15) is 14.4 Å². The number of carbonyl (C=O) groups excluding carboxylic acids is 3. The van der Waals surface area contributed by atoms with Crippen LogP contribution in [0.15, 0.2) is 59.8 Å². The Morgan fingerprint density at radius 2 is 1.59 bits per heavy atom. The van der Waals surface area contributed by atoms with Crippen LogP contribution in [-0.4, -0.2) is 47.4 Å². The van der Waals surface area contributed by atoms with Crippen molar-refractivity contribution in [2.24, 2.45) is 5.41 Å². The molecule has 7 nitrogen and oxygen atoms in total. The summed E-state index contributed by atoms with van der Waals surface area (Å²) in [6, 6.07) is 12.1. The highest BCUT2D eigenvalue weighted by Gasteiger charge is 2.71. The number of halogens is 3. The minimum absolute atomic E-state index is 0.0182. The zero-order valence-corrected chi connectivity index (χ0v) is 22.4. The van der Waals surface area contributed by atoms with Gasteiger partial charge in [-0.2, -0.15) is 13.2 Å². The van der Waals surface area contributed by atoms with E-state index in [2.05, 4.69) is 0 Å². The van der Waals surface area contributed by atoms with Gasteiger partial charge in [0.05, 0.1) is 25.3 Å². The van der Waals surface area contributed by atoms with Crippen LogP contribution < -0.4 is 14.8 Å². The largest absolute Gasteiger partial charge is 0.497 e. The maximum atomic E-state index is 15.0. The summed E-state index contributed by atoms with van der Waals surface area (Å²) in [5.41, 5.74) is -4.48. The number of carbonyl (C=O) groups is 3. The first-order valence-electron chi connectivity index (χ1n) is 12.6. The normalized spacial score (nSPS) is 20.8. The predicted octanol–water partition coefficient (Wildman–Crippen LogP) is 5.20. The van der Waals surface area contributed by atoms with E-state index in [0.29, 0.717) is 17.1 Å². The number of benzene rings is 2. The van der Waals surface area contributed by atoms with Crippen LogP contribution in [0.4, 0.5) is 13.2 Å². The smallest absolute Gasteiger partial charge is 0.425 e. The fourth-order valence-electron chi connectivity index (χ4n) is 5.11. The van der Waals surface area contributed by atoms with Gasteiger partial charge in [-0.25, -0.2) is 0 Å². The second-order valence-corrected chi connectivity index (χ2v) is 10.9. The minimum Gasteiger partial charge on any atom is -0.497 e. The highest BCUT2D eigenvalue weighted by molar-refractivity contribution is 6.14. The number of nitrogens with zero attached hydrogens (tertiary/aromatic N) is 1. The number of ketones is 1. The molecule has 0 fully saturated rings. The van der Waals surface area contributed by atoms with Gasteiger partial charge in [0.2, 0.25) is 5.54 Å². The fraction of sp³-hybridized carbons (Fsp3) is 0.414. The van der Waals surface area contributed by atoms with Crippen molar-refractivity contribution in [3.8, 4) is 11.5 Å². The summed E-state index contributed by atoms with van der Waals surface area (Å²) in [6.07, 6.45) is -5.56. The number of Topliss-reactive ketones (excluding diaryl/α,β-unsaturated/α-hetero) is 1. The van der Waals surface area contributed by atoms with Crippen LogP contribution in [0.2, 0.25) is 0 Å². The lowest BCUT2D eigenvalue weighted by Gasteiger charge is -2.35. The number of methoxy groups -OCH3 is 1. The van der Waals surface area contributed by atoms with Crippen LogP contribution in [0.3, 0.4) is 0 Å². The molecule has 0 radical (unpaired) electrons. The summed E-state index contributed by atoms with van der Waals surface area (Å²) in [6.45, 7) is 6.94. The quantitative estimate of drug-likeness (QED) is 0.518. The van der Waals surface area contributed by atoms with Crippen LogP contribution in [0, 0.1) is 5.41 Å². The van der Waals surface area contributed by atoms with Gasteiger partial charge in [0.15, 0.2) is 5.78 Å². The standard InChI is InChI=1S/C29H31F3N2O5/c1-17(2)39-21-12-8-19(9-13-21)25(36)33-28(29(30,31)32)24-22(14-27(3,4)15-23(24)35)34(26(28)37)16-18-6-10-20(38-5)11-7-18/h6-13,17H,14-16H2,1-5H3,(H,33,36)/t28-/m0/s1. The first-order chi connectivity index (χ1) is 18.2. The summed E-state index contributed by atoms with van der Waals surface area (Å²) in [5.74, 6) is -2.38. The van der Waals surface area contributed by atoms with E-state index in [1.165, 1.54) is 31.4 Å². The van der Waals surface area contributed by atoms with Crippen LogP contribution in [-0.2, 0) is 16.1 Å². The Morgan fingerprint density at radius 1 is 1.00 bits per heavy atom. The number of allylic oxidation sites excluding steroid dienone is 1. The maximum Gasteiger partial charge on any atom is 0.425 e. The Morgan fingerprint density at radius 3 is 2.13 bits per heavy atom. The summed E-state index contributed by atoms with van der Waals surface area (Å²) < 4.78 is 55.7. The van der Waals surface area contributed by atoms with Crippen molar-refractivity contribution in [3.05, 3.63) is 70.9 Å². The van der Waals surface area contributed by atoms with Gasteiger partial charge < -0.3 is 19.7 Å². The summed E-state index contributed by atoms with van der Waals surface area (Å²) in [7, 11) is 1.48. The van der Waals surface area contributed by atoms with E-state index in [0.717, 1.165) is 4.90 Å². The van der Waals surface area contributed by atoms with Gasteiger partial charge in [-0.1, -0.05) is 26.0 Å². The van der Waals surface area contributed by atoms with Crippen molar-refractivity contribution in [3.63, 3.8) is 0 Å². The molecule has 0 spiro atoms. The molecule has 1 aliphatic heterocycles. The Labute approximate surface area is 225 Å². The van der Waals surface area contributed by atoms with Crippen molar-refractivity contribution < 1.29 is 37.0 Å². The number of alkyl halides is 3. The van der Waals surface area contributed by atoms with Crippen molar-refractivity contribution in [1.82, 2.24) is 10.2 Å². The molecule has 2 aliphatic rings. The lowest BCUT2D eigenvalue weighted by atomic mass is 9.72. The average molecular weight is 545 g/mol. The second-order valence-electron chi connectivity index (χ2n) is 10.9. The number of ether oxygens (including phenoxy) is 2. The third-order valence-corrected chi connectivity index (χ3v) is 6.83. The van der Waals surface area contributed by atoms with E-state index < -0.39 is 40.3 Å². The zero-order valence-electron chi connectivity index (χ0n) is 22.4. The van der Waals surface area contributed by atoms with Gasteiger partial charge >= 0.3 is 6.18 Å². The van der Waals surface area contributed by atoms with Gasteiger partial charge in [0, 0.05) is 17.7 Å². The molecule has 4 rings (SSSR count). The van der Waals surface area contributed by atoms with E-state index in [1.54, 1.807) is 38.1 Å². The van der Waals surface area contributed by atoms with Crippen molar-refractivity contribution in [2.45, 2.75) is 64.9 Å². The molecule has 0 saturated heterocycles. The Balaban J connectivity index is 1.78. The van der Waals surface area contributed by atoms with E-state index in [4.69, 9.17) is 9.47 Å². The van der Waals surface area contributed by atoms with E-state index in [-0.39, 0.29) is 36.8 Å². The minimum atomic E-state index is -5.28. The van der Waals surface area contributed by atoms with Crippen LogP contribution in [0.5, 0.6) is 11.5 Å². The molecule has 2 aromatic carbocycles. The molecule has 1 N–H and O–H groups in total. The first-order valence-corrected chi connectivity index (χ1v) is 12.6. The molecular formula is C29H31F3N2O5. The molecule has 1 heterocycles. The van der Waals surface area contributed by atoms with E-state index in [1.807, 2.05) is 19.2 Å². The monoisotopic (exact) mass is 544 g/mol. The molecule has 39 heavy (non-hydrogen) atoms. The molecule has 2 aromatic rings. The summed E-state index contributed by atoms with van der Waals surface area (Å²) in [5, 5.41) is 1.95. The van der Waals surface area contributed by atoms with E-state index >= 15 is 13.2 Å². The zero-order chi connectivity index (χ0) is 28.8. The van der Waals surface area contributed by atoms with Gasteiger partial charge in [0.1, 0.15) is 11.5 Å². The summed E-state index contributed by atoms with van der Waals surface area (Å²) in [4.78, 5) is 41.3. The Kier molecular flexibility index (Phi) is 7.27. The Bertz CT molecular complexity index is 1310. The lowest BCUT2D eigenvalue weighted by Crippen LogP contribution is -2.66. The fourth-order valence-corrected chi connectivity index (χ4v) is 5.11. The number of amides is 2. The molecule has 1 aliphatic carbocycles. The molecule has 0 aromatic heterocycles. The highest BCUT2D eigenvalue weighted by Crippen LogP contribution is 2.52. The number of rotatable bonds is 7. The SMILES string of the molecule is COc1ccc(CN2C(=O)[C@](NC(=O)c3ccc(OC(C)C)cc3)(C(F)(F)F)C3=C2CC(C)(C)CC3=O)cc1. The topological polar surface area (TPSA) is 84.9 Å². The van der Waals surface area contributed by atoms with Crippen molar-refractivity contribution in [1.29, 1.82) is 0 Å². The molecule has 0 saturated carbocycles.